The zero-order valence-electron chi connectivity index (χ0n) is 20.4. The van der Waals surface area contributed by atoms with Gasteiger partial charge >= 0.3 is 6.03 Å². The molecule has 0 unspecified atom stereocenters. The molecule has 0 radical (unpaired) electrons. The van der Waals surface area contributed by atoms with Gasteiger partial charge in [-0.15, -0.1) is 0 Å². The van der Waals surface area contributed by atoms with Gasteiger partial charge in [0.25, 0.3) is 5.91 Å². The Morgan fingerprint density at radius 3 is 2.38 bits per heavy atom. The lowest BCUT2D eigenvalue weighted by Gasteiger charge is -2.39. The van der Waals surface area contributed by atoms with Crippen LogP contribution in [0.1, 0.15) is 52.1 Å². The summed E-state index contributed by atoms with van der Waals surface area (Å²) < 4.78 is 1.75. The number of urea groups is 1. The number of carbonyl (C=O) groups is 2. The Labute approximate surface area is 200 Å². The van der Waals surface area contributed by atoms with E-state index in [1.165, 1.54) is 5.56 Å². The molecule has 3 aromatic rings. The molecule has 8 heteroatoms. The molecule has 178 valence electrons. The first-order chi connectivity index (χ1) is 16.2. The molecule has 8 nitrogen and oxygen atoms in total. The highest BCUT2D eigenvalue weighted by atomic mass is 16.2. The molecule has 1 spiro atoms. The van der Waals surface area contributed by atoms with Gasteiger partial charge in [0.2, 0.25) is 0 Å². The van der Waals surface area contributed by atoms with Crippen LogP contribution in [-0.4, -0.2) is 62.5 Å². The molecule has 5 rings (SSSR count). The standard InChI is InChI=1S/C26H32N6O2/c1-17-5-6-22(18(2)13-17)28-25(34)30-10-7-26(8-11-30)9-12-31(16-26)24(33)21-15-27-23-14-19(3)29-32(23)20(21)4/h5-6,13-15H,7-12,16H2,1-4H3,(H,28,34). The van der Waals surface area contributed by atoms with Gasteiger partial charge in [0.15, 0.2) is 5.65 Å². The molecular weight excluding hydrogens is 428 g/mol. The summed E-state index contributed by atoms with van der Waals surface area (Å²) in [6.45, 7) is 10.8. The van der Waals surface area contributed by atoms with Gasteiger partial charge in [0.05, 0.1) is 17.0 Å². The summed E-state index contributed by atoms with van der Waals surface area (Å²) in [5.41, 5.74) is 6.27. The molecule has 2 aromatic heterocycles. The van der Waals surface area contributed by atoms with Crippen molar-refractivity contribution in [2.45, 2.75) is 47.0 Å². The van der Waals surface area contributed by atoms with Gasteiger partial charge in [0, 0.05) is 44.1 Å². The van der Waals surface area contributed by atoms with Crippen molar-refractivity contribution >= 4 is 23.3 Å². The summed E-state index contributed by atoms with van der Waals surface area (Å²) in [7, 11) is 0. The van der Waals surface area contributed by atoms with Gasteiger partial charge in [-0.25, -0.2) is 14.3 Å². The van der Waals surface area contributed by atoms with Crippen LogP contribution in [0, 0.1) is 33.1 Å². The van der Waals surface area contributed by atoms with E-state index in [2.05, 4.69) is 21.5 Å². The predicted molar refractivity (Wildman–Crippen MR) is 131 cm³/mol. The minimum Gasteiger partial charge on any atom is -0.338 e. The minimum atomic E-state index is -0.0442. The number of aryl methyl sites for hydroxylation is 4. The molecule has 1 N–H and O–H groups in total. The molecular formula is C26H32N6O2. The molecule has 2 aliphatic rings. The highest BCUT2D eigenvalue weighted by molar-refractivity contribution is 5.95. The van der Waals surface area contributed by atoms with Gasteiger partial charge in [-0.1, -0.05) is 17.7 Å². The van der Waals surface area contributed by atoms with Gasteiger partial charge in [0.1, 0.15) is 0 Å². The number of fused-ring (bicyclic) bond motifs is 1. The van der Waals surface area contributed by atoms with Gasteiger partial charge in [-0.2, -0.15) is 5.10 Å². The topological polar surface area (TPSA) is 82.8 Å². The smallest absolute Gasteiger partial charge is 0.321 e. The number of nitrogens with zero attached hydrogens (tertiary/aromatic N) is 5. The first-order valence-corrected chi connectivity index (χ1v) is 12.0. The second kappa shape index (κ2) is 8.42. The lowest BCUT2D eigenvalue weighted by molar-refractivity contribution is 0.0737. The van der Waals surface area contributed by atoms with Crippen molar-refractivity contribution < 1.29 is 9.59 Å². The number of piperidine rings is 1. The fourth-order valence-corrected chi connectivity index (χ4v) is 5.39. The maximum atomic E-state index is 13.3. The number of hydrogen-bond donors (Lipinski definition) is 1. The molecule has 3 amide bonds. The summed E-state index contributed by atoms with van der Waals surface area (Å²) >= 11 is 0. The van der Waals surface area contributed by atoms with Crippen LogP contribution in [0.5, 0.6) is 0 Å². The lowest BCUT2D eigenvalue weighted by atomic mass is 9.78. The van der Waals surface area contributed by atoms with E-state index in [-0.39, 0.29) is 17.4 Å². The quantitative estimate of drug-likeness (QED) is 0.624. The highest BCUT2D eigenvalue weighted by Crippen LogP contribution is 2.41. The van der Waals surface area contributed by atoms with E-state index in [0.717, 1.165) is 60.6 Å². The number of rotatable bonds is 2. The second-order valence-corrected chi connectivity index (χ2v) is 10.0. The van der Waals surface area contributed by atoms with Crippen LogP contribution >= 0.6 is 0 Å². The molecule has 2 aliphatic heterocycles. The van der Waals surface area contributed by atoms with Crippen molar-refractivity contribution in [2.75, 3.05) is 31.5 Å². The number of aromatic nitrogens is 3. The van der Waals surface area contributed by atoms with Crippen LogP contribution in [-0.2, 0) is 0 Å². The van der Waals surface area contributed by atoms with Gasteiger partial charge < -0.3 is 15.1 Å². The lowest BCUT2D eigenvalue weighted by Crippen LogP contribution is -2.46. The summed E-state index contributed by atoms with van der Waals surface area (Å²) in [6.07, 6.45) is 4.47. The highest BCUT2D eigenvalue weighted by Gasteiger charge is 2.43. The van der Waals surface area contributed by atoms with Crippen LogP contribution in [0.2, 0.25) is 0 Å². The molecule has 0 aliphatic carbocycles. The first kappa shape index (κ1) is 22.4. The SMILES string of the molecule is Cc1ccc(NC(=O)N2CCC3(CC2)CCN(C(=O)c2cnc4cc(C)nn4c2C)C3)c(C)c1. The van der Waals surface area contributed by atoms with Crippen molar-refractivity contribution in [3.05, 3.63) is 58.5 Å². The van der Waals surface area contributed by atoms with Crippen molar-refractivity contribution in [2.24, 2.45) is 5.41 Å². The Bertz CT molecular complexity index is 1270. The third-order valence-corrected chi connectivity index (χ3v) is 7.54. The number of benzene rings is 1. The number of anilines is 1. The Hall–Kier alpha value is -3.42. The van der Waals surface area contributed by atoms with E-state index in [1.807, 2.05) is 55.7 Å². The molecule has 0 saturated carbocycles. The van der Waals surface area contributed by atoms with E-state index in [1.54, 1.807) is 10.7 Å². The first-order valence-electron chi connectivity index (χ1n) is 12.0. The zero-order valence-corrected chi connectivity index (χ0v) is 20.4. The number of carbonyl (C=O) groups excluding carboxylic acids is 2. The summed E-state index contributed by atoms with van der Waals surface area (Å²) in [5, 5.41) is 7.53. The largest absolute Gasteiger partial charge is 0.338 e. The average molecular weight is 461 g/mol. The Morgan fingerprint density at radius 2 is 1.68 bits per heavy atom. The molecule has 0 atom stereocenters. The van der Waals surface area contributed by atoms with Crippen molar-refractivity contribution in [3.63, 3.8) is 0 Å². The van der Waals surface area contributed by atoms with E-state index in [4.69, 9.17) is 0 Å². The third kappa shape index (κ3) is 4.02. The monoisotopic (exact) mass is 460 g/mol. The minimum absolute atomic E-state index is 0.0203. The predicted octanol–water partition coefficient (Wildman–Crippen LogP) is 4.12. The Balaban J connectivity index is 1.22. The van der Waals surface area contributed by atoms with Crippen molar-refractivity contribution in [1.29, 1.82) is 0 Å². The second-order valence-electron chi connectivity index (χ2n) is 10.0. The Morgan fingerprint density at radius 1 is 0.971 bits per heavy atom. The van der Waals surface area contributed by atoms with E-state index in [0.29, 0.717) is 18.7 Å². The van der Waals surface area contributed by atoms with Crippen LogP contribution in [0.15, 0.2) is 30.5 Å². The molecule has 2 fully saturated rings. The molecule has 4 heterocycles. The summed E-state index contributed by atoms with van der Waals surface area (Å²) in [6, 6.07) is 7.93. The number of likely N-dealkylation sites (tertiary alicyclic amines) is 2. The molecule has 0 bridgehead atoms. The molecule has 34 heavy (non-hydrogen) atoms. The van der Waals surface area contributed by atoms with Crippen LogP contribution < -0.4 is 5.32 Å². The number of hydrogen-bond acceptors (Lipinski definition) is 4. The van der Waals surface area contributed by atoms with Crippen LogP contribution in [0.4, 0.5) is 10.5 Å². The fourth-order valence-electron chi connectivity index (χ4n) is 5.39. The van der Waals surface area contributed by atoms with E-state index >= 15 is 0 Å². The van der Waals surface area contributed by atoms with E-state index < -0.39 is 0 Å². The van der Waals surface area contributed by atoms with Gasteiger partial charge in [-0.05, 0) is 64.0 Å². The number of nitrogens with one attached hydrogen (secondary N) is 1. The summed E-state index contributed by atoms with van der Waals surface area (Å²) in [4.78, 5) is 34.5. The van der Waals surface area contributed by atoms with Crippen LogP contribution in [0.3, 0.4) is 0 Å². The molecule has 1 aromatic carbocycles. The fraction of sp³-hybridized carbons (Fsp3) is 0.462. The Kier molecular flexibility index (Phi) is 5.54. The van der Waals surface area contributed by atoms with E-state index in [9.17, 15) is 9.59 Å². The summed E-state index contributed by atoms with van der Waals surface area (Å²) in [5.74, 6) is 0.0203. The molecule has 2 saturated heterocycles. The zero-order chi connectivity index (χ0) is 24.0. The normalized spacial score (nSPS) is 17.5. The van der Waals surface area contributed by atoms with Crippen molar-refractivity contribution in [3.8, 4) is 0 Å². The average Bonchev–Trinajstić information content (AvgIpc) is 3.40. The maximum Gasteiger partial charge on any atom is 0.321 e. The number of amides is 3. The van der Waals surface area contributed by atoms with Crippen LogP contribution in [0.25, 0.3) is 5.65 Å². The maximum absolute atomic E-state index is 13.3. The van der Waals surface area contributed by atoms with Gasteiger partial charge in [-0.3, -0.25) is 4.79 Å². The third-order valence-electron chi connectivity index (χ3n) is 7.54. The van der Waals surface area contributed by atoms with Crippen molar-refractivity contribution in [1.82, 2.24) is 24.4 Å².